The van der Waals surface area contributed by atoms with E-state index in [0.29, 0.717) is 10.1 Å². The normalized spacial score (nSPS) is 10.2. The molecule has 0 bridgehead atoms. The number of aromatic nitrogens is 3. The predicted octanol–water partition coefficient (Wildman–Crippen LogP) is 0.885. The van der Waals surface area contributed by atoms with Crippen LogP contribution in [-0.4, -0.2) is 26.0 Å². The first kappa shape index (κ1) is 12.1. The maximum atomic E-state index is 11.0. The van der Waals surface area contributed by atoms with Gasteiger partial charge in [0.25, 0.3) is 0 Å². The molecule has 0 atom stereocenters. The van der Waals surface area contributed by atoms with Crippen LogP contribution < -0.4 is 11.5 Å². The lowest BCUT2D eigenvalue weighted by atomic mass is 10.3. The van der Waals surface area contributed by atoms with Crippen LogP contribution in [0.25, 0.3) is 0 Å². The number of rotatable bonds is 3. The summed E-state index contributed by atoms with van der Waals surface area (Å²) >= 11 is 1.07. The molecule has 0 amide bonds. The number of pyridine rings is 1. The Morgan fingerprint density at radius 3 is 2.56 bits per heavy atom. The summed E-state index contributed by atoms with van der Waals surface area (Å²) in [5.74, 6) is -0.602. The van der Waals surface area contributed by atoms with Gasteiger partial charge in [0.15, 0.2) is 5.16 Å². The molecule has 8 heteroatoms. The minimum absolute atomic E-state index is 0.0760. The van der Waals surface area contributed by atoms with Gasteiger partial charge < -0.3 is 16.6 Å². The molecule has 92 valence electrons. The van der Waals surface area contributed by atoms with Gasteiger partial charge in [0.05, 0.1) is 5.56 Å². The average Bonchev–Trinajstić information content (AvgIpc) is 2.27. The summed E-state index contributed by atoms with van der Waals surface area (Å²) in [4.78, 5) is 23.2. The largest absolute Gasteiger partial charge is 0.478 e. The van der Waals surface area contributed by atoms with Crippen LogP contribution in [0.4, 0.5) is 11.6 Å². The van der Waals surface area contributed by atoms with E-state index < -0.39 is 5.97 Å². The number of anilines is 2. The van der Waals surface area contributed by atoms with Gasteiger partial charge in [-0.15, -0.1) is 0 Å². The second kappa shape index (κ2) is 4.88. The van der Waals surface area contributed by atoms with Crippen molar-refractivity contribution in [3.63, 3.8) is 0 Å². The molecular formula is C10H9N5O2S. The Morgan fingerprint density at radius 1 is 1.28 bits per heavy atom. The standard InChI is InChI=1S/C10H9N5O2S/c11-7-3-8(12)15-10(14-7)18-6-1-2-13-4-5(6)9(16)17/h1-4H,(H,16,17)(H4,11,12,14,15). The molecule has 5 N–H and O–H groups in total. The number of aromatic carboxylic acids is 1. The first-order chi connectivity index (χ1) is 8.56. The first-order valence-corrected chi connectivity index (χ1v) is 5.63. The Labute approximate surface area is 106 Å². The highest BCUT2D eigenvalue weighted by Gasteiger charge is 2.12. The second-order valence-corrected chi connectivity index (χ2v) is 4.29. The number of nitrogens with zero attached hydrogens (tertiary/aromatic N) is 3. The minimum Gasteiger partial charge on any atom is -0.478 e. The van der Waals surface area contributed by atoms with Crippen molar-refractivity contribution in [2.45, 2.75) is 10.1 Å². The quantitative estimate of drug-likeness (QED) is 0.696. The number of nitrogen functional groups attached to an aromatic ring is 2. The maximum absolute atomic E-state index is 11.0. The van der Waals surface area contributed by atoms with Crippen molar-refractivity contribution in [2.75, 3.05) is 11.5 Å². The van der Waals surface area contributed by atoms with Crippen LogP contribution >= 0.6 is 11.8 Å². The molecule has 18 heavy (non-hydrogen) atoms. The van der Waals surface area contributed by atoms with Crippen molar-refractivity contribution in [3.8, 4) is 0 Å². The molecule has 0 saturated carbocycles. The van der Waals surface area contributed by atoms with Crippen molar-refractivity contribution in [1.82, 2.24) is 15.0 Å². The van der Waals surface area contributed by atoms with E-state index in [1.165, 1.54) is 18.5 Å². The van der Waals surface area contributed by atoms with Crippen molar-refractivity contribution >= 4 is 29.4 Å². The van der Waals surface area contributed by atoms with Crippen LogP contribution in [0.2, 0.25) is 0 Å². The number of carbonyl (C=O) groups is 1. The Hall–Kier alpha value is -2.35. The Morgan fingerprint density at radius 2 is 1.94 bits per heavy atom. The third-order valence-electron chi connectivity index (χ3n) is 1.96. The van der Waals surface area contributed by atoms with Crippen LogP contribution in [0.1, 0.15) is 10.4 Å². The van der Waals surface area contributed by atoms with E-state index in [4.69, 9.17) is 16.6 Å². The van der Waals surface area contributed by atoms with Gasteiger partial charge >= 0.3 is 5.97 Å². The molecule has 0 aromatic carbocycles. The zero-order valence-corrected chi connectivity index (χ0v) is 9.89. The van der Waals surface area contributed by atoms with Crippen LogP contribution in [0.15, 0.2) is 34.6 Å². The van der Waals surface area contributed by atoms with Gasteiger partial charge in [0, 0.05) is 23.4 Å². The first-order valence-electron chi connectivity index (χ1n) is 4.81. The summed E-state index contributed by atoms with van der Waals surface area (Å²) in [6.45, 7) is 0. The third kappa shape index (κ3) is 2.66. The van der Waals surface area contributed by atoms with Gasteiger partial charge in [0.2, 0.25) is 0 Å². The number of hydrogen-bond donors (Lipinski definition) is 3. The molecule has 2 heterocycles. The van der Waals surface area contributed by atoms with Gasteiger partial charge in [0.1, 0.15) is 11.6 Å². The summed E-state index contributed by atoms with van der Waals surface area (Å²) in [5.41, 5.74) is 11.2. The van der Waals surface area contributed by atoms with Crippen LogP contribution in [0.5, 0.6) is 0 Å². The zero-order chi connectivity index (χ0) is 13.1. The Balaban J connectivity index is 2.37. The van der Waals surface area contributed by atoms with Crippen molar-refractivity contribution in [1.29, 1.82) is 0 Å². The number of carboxylic acids is 1. The molecule has 0 saturated heterocycles. The van der Waals surface area contributed by atoms with E-state index in [1.807, 2.05) is 0 Å². The lowest BCUT2D eigenvalue weighted by Crippen LogP contribution is -2.02. The molecule has 0 aliphatic carbocycles. The molecule has 7 nitrogen and oxygen atoms in total. The van der Waals surface area contributed by atoms with Gasteiger partial charge in [-0.25, -0.2) is 14.8 Å². The zero-order valence-electron chi connectivity index (χ0n) is 9.07. The van der Waals surface area contributed by atoms with Gasteiger partial charge in [-0.3, -0.25) is 4.98 Å². The third-order valence-corrected chi connectivity index (χ3v) is 2.90. The summed E-state index contributed by atoms with van der Waals surface area (Å²) in [5, 5.41) is 9.30. The second-order valence-electron chi connectivity index (χ2n) is 3.28. The molecule has 0 aliphatic rings. The SMILES string of the molecule is Nc1cc(N)nc(Sc2ccncc2C(=O)O)n1. The highest BCUT2D eigenvalue weighted by Crippen LogP contribution is 2.28. The smallest absolute Gasteiger partial charge is 0.338 e. The highest BCUT2D eigenvalue weighted by atomic mass is 32.2. The molecular weight excluding hydrogens is 254 g/mol. The van der Waals surface area contributed by atoms with Gasteiger partial charge in [-0.05, 0) is 17.8 Å². The maximum Gasteiger partial charge on any atom is 0.338 e. The fraction of sp³-hybridized carbons (Fsp3) is 0. The molecule has 0 aliphatic heterocycles. The Bertz CT molecular complexity index is 584. The predicted molar refractivity (Wildman–Crippen MR) is 66.2 cm³/mol. The lowest BCUT2D eigenvalue weighted by Gasteiger charge is -2.04. The number of carboxylic acid groups (broad SMARTS) is 1. The fourth-order valence-electron chi connectivity index (χ4n) is 1.24. The lowest BCUT2D eigenvalue weighted by molar-refractivity contribution is 0.0692. The van der Waals surface area contributed by atoms with E-state index in [-0.39, 0.29) is 17.2 Å². The van der Waals surface area contributed by atoms with E-state index in [2.05, 4.69) is 15.0 Å². The molecule has 0 fully saturated rings. The topological polar surface area (TPSA) is 128 Å². The summed E-state index contributed by atoms with van der Waals surface area (Å²) in [6.07, 6.45) is 2.75. The van der Waals surface area contributed by atoms with Crippen LogP contribution in [-0.2, 0) is 0 Å². The van der Waals surface area contributed by atoms with Crippen molar-refractivity contribution in [3.05, 3.63) is 30.1 Å². The van der Waals surface area contributed by atoms with Gasteiger partial charge in [-0.1, -0.05) is 0 Å². The number of nitrogens with two attached hydrogens (primary N) is 2. The Kier molecular flexibility index (Phi) is 3.28. The number of hydrogen-bond acceptors (Lipinski definition) is 7. The molecule has 2 aromatic rings. The van der Waals surface area contributed by atoms with Crippen molar-refractivity contribution in [2.24, 2.45) is 0 Å². The summed E-state index contributed by atoms with van der Waals surface area (Å²) in [7, 11) is 0. The van der Waals surface area contributed by atoms with E-state index in [1.54, 1.807) is 6.07 Å². The van der Waals surface area contributed by atoms with E-state index >= 15 is 0 Å². The molecule has 2 aromatic heterocycles. The minimum atomic E-state index is -1.07. The molecule has 0 unspecified atom stereocenters. The monoisotopic (exact) mass is 263 g/mol. The van der Waals surface area contributed by atoms with Gasteiger partial charge in [-0.2, -0.15) is 0 Å². The van der Waals surface area contributed by atoms with E-state index in [9.17, 15) is 4.79 Å². The fourth-order valence-corrected chi connectivity index (χ4v) is 2.11. The summed E-state index contributed by atoms with van der Waals surface area (Å²) < 4.78 is 0. The summed E-state index contributed by atoms with van der Waals surface area (Å²) in [6, 6.07) is 2.99. The van der Waals surface area contributed by atoms with Crippen LogP contribution in [0, 0.1) is 0 Å². The molecule has 2 rings (SSSR count). The van der Waals surface area contributed by atoms with Crippen molar-refractivity contribution < 1.29 is 9.90 Å². The van der Waals surface area contributed by atoms with E-state index in [0.717, 1.165) is 11.8 Å². The molecule has 0 spiro atoms. The average molecular weight is 263 g/mol. The highest BCUT2D eigenvalue weighted by molar-refractivity contribution is 7.99. The molecule has 0 radical (unpaired) electrons. The van der Waals surface area contributed by atoms with Crippen LogP contribution in [0.3, 0.4) is 0 Å².